The third kappa shape index (κ3) is 1.22. The van der Waals surface area contributed by atoms with E-state index < -0.39 is 5.72 Å². The second kappa shape index (κ2) is 3.56. The third-order valence-electron chi connectivity index (χ3n) is 3.71. The van der Waals surface area contributed by atoms with Crippen LogP contribution in [0, 0.1) is 0 Å². The molecule has 0 saturated carbocycles. The van der Waals surface area contributed by atoms with Gasteiger partial charge in [-0.1, -0.05) is 54.6 Å². The molecule has 1 unspecified atom stereocenters. The summed E-state index contributed by atoms with van der Waals surface area (Å²) in [5, 5.41) is 11.3. The van der Waals surface area contributed by atoms with Crippen molar-refractivity contribution < 1.29 is 5.11 Å². The molecular formula is C16H12N2O. The van der Waals surface area contributed by atoms with Crippen molar-refractivity contribution in [3.8, 4) is 11.4 Å². The summed E-state index contributed by atoms with van der Waals surface area (Å²) in [5.74, 6) is 0.807. The van der Waals surface area contributed by atoms with Crippen molar-refractivity contribution in [1.82, 2.24) is 9.55 Å². The maximum Gasteiger partial charge on any atom is 0.197 e. The van der Waals surface area contributed by atoms with E-state index in [1.165, 1.54) is 0 Å². The van der Waals surface area contributed by atoms with Gasteiger partial charge in [0.05, 0.1) is 0 Å². The minimum absolute atomic E-state index is 0.807. The number of fused-ring (bicyclic) bond motifs is 3. The molecule has 3 aromatic rings. The van der Waals surface area contributed by atoms with Gasteiger partial charge in [-0.3, -0.25) is 4.57 Å². The van der Waals surface area contributed by atoms with Gasteiger partial charge in [-0.2, -0.15) is 0 Å². The molecule has 3 heteroatoms. The molecule has 0 bridgehead atoms. The smallest absolute Gasteiger partial charge is 0.197 e. The first-order valence-electron chi connectivity index (χ1n) is 6.23. The lowest BCUT2D eigenvalue weighted by molar-refractivity contribution is 0.0572. The van der Waals surface area contributed by atoms with E-state index in [2.05, 4.69) is 4.98 Å². The highest BCUT2D eigenvalue weighted by Crippen LogP contribution is 2.44. The molecular weight excluding hydrogens is 236 g/mol. The van der Waals surface area contributed by atoms with Gasteiger partial charge in [0.15, 0.2) is 5.72 Å². The fourth-order valence-corrected chi connectivity index (χ4v) is 2.84. The molecule has 0 amide bonds. The van der Waals surface area contributed by atoms with Crippen molar-refractivity contribution in [3.63, 3.8) is 0 Å². The van der Waals surface area contributed by atoms with Crippen LogP contribution in [0.4, 0.5) is 0 Å². The van der Waals surface area contributed by atoms with Crippen molar-refractivity contribution in [2.24, 2.45) is 0 Å². The zero-order valence-electron chi connectivity index (χ0n) is 10.2. The average Bonchev–Trinajstić information content (AvgIpc) is 3.04. The van der Waals surface area contributed by atoms with Gasteiger partial charge < -0.3 is 5.11 Å². The Morgan fingerprint density at radius 3 is 2.53 bits per heavy atom. The Labute approximate surface area is 110 Å². The molecule has 4 rings (SSSR count). The number of benzene rings is 2. The van der Waals surface area contributed by atoms with E-state index >= 15 is 0 Å². The highest BCUT2D eigenvalue weighted by Gasteiger charge is 2.42. The van der Waals surface area contributed by atoms with Crippen LogP contribution in [0.3, 0.4) is 0 Å². The van der Waals surface area contributed by atoms with Gasteiger partial charge in [-0.25, -0.2) is 4.98 Å². The Bertz CT molecular complexity index is 748. The van der Waals surface area contributed by atoms with Crippen LogP contribution in [-0.2, 0) is 5.72 Å². The Morgan fingerprint density at radius 1 is 0.947 bits per heavy atom. The van der Waals surface area contributed by atoms with Crippen LogP contribution in [0.5, 0.6) is 0 Å². The van der Waals surface area contributed by atoms with Gasteiger partial charge in [-0.15, -0.1) is 0 Å². The lowest BCUT2D eigenvalue weighted by atomic mass is 9.94. The maximum absolute atomic E-state index is 11.3. The van der Waals surface area contributed by atoms with Crippen LogP contribution in [0.1, 0.15) is 11.1 Å². The van der Waals surface area contributed by atoms with Gasteiger partial charge in [-0.05, 0) is 0 Å². The fraction of sp³-hybridized carbons (Fsp3) is 0.0625. The molecule has 1 aromatic heterocycles. The van der Waals surface area contributed by atoms with E-state index in [4.69, 9.17) is 0 Å². The third-order valence-corrected chi connectivity index (χ3v) is 3.71. The van der Waals surface area contributed by atoms with Crippen molar-refractivity contribution in [2.75, 3.05) is 0 Å². The summed E-state index contributed by atoms with van der Waals surface area (Å²) in [6.45, 7) is 0. The number of nitrogens with zero attached hydrogens (tertiary/aromatic N) is 2. The van der Waals surface area contributed by atoms with Gasteiger partial charge in [0.1, 0.15) is 5.82 Å². The van der Waals surface area contributed by atoms with Crippen molar-refractivity contribution in [2.45, 2.75) is 5.72 Å². The first-order chi connectivity index (χ1) is 9.32. The summed E-state index contributed by atoms with van der Waals surface area (Å²) in [4.78, 5) is 4.36. The summed E-state index contributed by atoms with van der Waals surface area (Å²) >= 11 is 0. The molecule has 2 aromatic carbocycles. The van der Waals surface area contributed by atoms with E-state index in [-0.39, 0.29) is 0 Å². The van der Waals surface area contributed by atoms with E-state index in [1.807, 2.05) is 65.4 Å². The van der Waals surface area contributed by atoms with Gasteiger partial charge in [0, 0.05) is 29.1 Å². The summed E-state index contributed by atoms with van der Waals surface area (Å²) in [6.07, 6.45) is 3.54. The first kappa shape index (κ1) is 10.5. The highest BCUT2D eigenvalue weighted by atomic mass is 16.3. The van der Waals surface area contributed by atoms with Crippen molar-refractivity contribution in [3.05, 3.63) is 78.1 Å². The Morgan fingerprint density at radius 2 is 1.68 bits per heavy atom. The standard InChI is InChI=1S/C16H12N2O/c19-16(12-6-2-1-3-7-12)14-9-5-4-8-13(14)15-17-10-11-18(15)16/h1-11,19H. The molecule has 0 saturated heterocycles. The lowest BCUT2D eigenvalue weighted by Crippen LogP contribution is -2.32. The molecule has 0 fully saturated rings. The van der Waals surface area contributed by atoms with E-state index in [9.17, 15) is 5.11 Å². The SMILES string of the molecule is OC1(c2ccccc2)c2ccccc2-c2nccn21. The lowest BCUT2D eigenvalue weighted by Gasteiger charge is -2.27. The van der Waals surface area contributed by atoms with Gasteiger partial charge in [0.25, 0.3) is 0 Å². The largest absolute Gasteiger partial charge is 0.363 e. The van der Waals surface area contributed by atoms with E-state index in [0.717, 1.165) is 22.5 Å². The molecule has 1 atom stereocenters. The Hall–Kier alpha value is -2.39. The molecule has 0 radical (unpaired) electrons. The van der Waals surface area contributed by atoms with Crippen molar-refractivity contribution >= 4 is 0 Å². The molecule has 0 spiro atoms. The molecule has 1 N–H and O–H groups in total. The predicted octanol–water partition coefficient (Wildman–Crippen LogP) is 2.61. The molecule has 1 aliphatic rings. The molecule has 1 aliphatic heterocycles. The second-order valence-corrected chi connectivity index (χ2v) is 4.70. The predicted molar refractivity (Wildman–Crippen MR) is 72.5 cm³/mol. The molecule has 3 nitrogen and oxygen atoms in total. The summed E-state index contributed by atoms with van der Waals surface area (Å²) in [7, 11) is 0. The zero-order valence-corrected chi connectivity index (χ0v) is 10.2. The van der Waals surface area contributed by atoms with Gasteiger partial charge >= 0.3 is 0 Å². The van der Waals surface area contributed by atoms with Crippen LogP contribution in [0.15, 0.2) is 67.0 Å². The normalized spacial score (nSPS) is 20.1. The number of imidazole rings is 1. The number of hydrogen-bond acceptors (Lipinski definition) is 2. The average molecular weight is 248 g/mol. The van der Waals surface area contributed by atoms with E-state index in [1.54, 1.807) is 6.20 Å². The number of hydrogen-bond donors (Lipinski definition) is 1. The number of aliphatic hydroxyl groups is 1. The summed E-state index contributed by atoms with van der Waals surface area (Å²) < 4.78 is 1.83. The zero-order chi connectivity index (χ0) is 12.9. The quantitative estimate of drug-likeness (QED) is 0.719. The Balaban J connectivity index is 2.09. The van der Waals surface area contributed by atoms with Crippen molar-refractivity contribution in [1.29, 1.82) is 0 Å². The summed E-state index contributed by atoms with van der Waals surface area (Å²) in [5.41, 5.74) is 1.55. The van der Waals surface area contributed by atoms with E-state index in [0.29, 0.717) is 0 Å². The van der Waals surface area contributed by atoms with Crippen LogP contribution < -0.4 is 0 Å². The molecule has 19 heavy (non-hydrogen) atoms. The maximum atomic E-state index is 11.3. The van der Waals surface area contributed by atoms with Crippen LogP contribution in [0.2, 0.25) is 0 Å². The highest BCUT2D eigenvalue weighted by molar-refractivity contribution is 5.69. The topological polar surface area (TPSA) is 38.1 Å². The second-order valence-electron chi connectivity index (χ2n) is 4.70. The van der Waals surface area contributed by atoms with Crippen LogP contribution in [-0.4, -0.2) is 14.7 Å². The first-order valence-corrected chi connectivity index (χ1v) is 6.23. The summed E-state index contributed by atoms with van der Waals surface area (Å²) in [6, 6.07) is 17.6. The molecule has 2 heterocycles. The van der Waals surface area contributed by atoms with Gasteiger partial charge in [0.2, 0.25) is 0 Å². The minimum atomic E-state index is -1.16. The molecule has 0 aliphatic carbocycles. The van der Waals surface area contributed by atoms with Crippen LogP contribution in [0.25, 0.3) is 11.4 Å². The number of aromatic nitrogens is 2. The minimum Gasteiger partial charge on any atom is -0.363 e. The fourth-order valence-electron chi connectivity index (χ4n) is 2.84. The Kier molecular flexibility index (Phi) is 1.97. The van der Waals surface area contributed by atoms with Crippen LogP contribution >= 0.6 is 0 Å². The monoisotopic (exact) mass is 248 g/mol. The molecule has 92 valence electrons. The number of rotatable bonds is 1.